The van der Waals surface area contributed by atoms with E-state index in [1.165, 1.54) is 5.56 Å². The molecule has 1 heterocycles. The van der Waals surface area contributed by atoms with Gasteiger partial charge in [-0.15, -0.1) is 0 Å². The lowest BCUT2D eigenvalue weighted by molar-refractivity contribution is 0.0963. The average Bonchev–Trinajstić information content (AvgIpc) is 2.99. The van der Waals surface area contributed by atoms with E-state index in [9.17, 15) is 4.79 Å². The lowest BCUT2D eigenvalue weighted by Gasteiger charge is -2.24. The van der Waals surface area contributed by atoms with Crippen LogP contribution in [0.5, 0.6) is 5.75 Å². The summed E-state index contributed by atoms with van der Waals surface area (Å²) in [6, 6.07) is 16.2. The van der Waals surface area contributed by atoms with E-state index in [1.54, 1.807) is 7.11 Å². The molecule has 26 heavy (non-hydrogen) atoms. The number of methoxy groups -OCH3 is 1. The number of aryl methyl sites for hydroxylation is 2. The number of fused-ring (bicyclic) bond motifs is 1. The van der Waals surface area contributed by atoms with Crippen LogP contribution in [0.2, 0.25) is 0 Å². The van der Waals surface area contributed by atoms with E-state index in [4.69, 9.17) is 4.74 Å². The number of carbonyl (C=O) groups excluding carboxylic acids is 1. The largest absolute Gasteiger partial charge is 0.496 e. The number of nitrogens with zero attached hydrogens (tertiary/aromatic N) is 2. The van der Waals surface area contributed by atoms with Gasteiger partial charge < -0.3 is 4.74 Å². The molecule has 4 rings (SSSR count). The summed E-state index contributed by atoms with van der Waals surface area (Å²) in [4.78, 5) is 12.9. The number of para-hydroxylation sites is 1. The van der Waals surface area contributed by atoms with Crippen LogP contribution in [-0.4, -0.2) is 22.7 Å². The second kappa shape index (κ2) is 6.45. The van der Waals surface area contributed by atoms with Gasteiger partial charge in [-0.3, -0.25) is 4.79 Å². The first-order chi connectivity index (χ1) is 12.6. The number of Topliss-reactive ketones (excluding diaryl/α,β-unsaturated/α-hetero) is 1. The molecule has 0 radical (unpaired) electrons. The monoisotopic (exact) mass is 346 g/mol. The molecule has 1 atom stereocenters. The lowest BCUT2D eigenvalue weighted by Crippen LogP contribution is -2.21. The van der Waals surface area contributed by atoms with Crippen LogP contribution >= 0.6 is 0 Å². The minimum Gasteiger partial charge on any atom is -0.496 e. The van der Waals surface area contributed by atoms with Crippen LogP contribution in [0.3, 0.4) is 0 Å². The topological polar surface area (TPSA) is 44.1 Å². The van der Waals surface area contributed by atoms with Crippen molar-refractivity contribution < 1.29 is 9.53 Å². The second-order valence-electron chi connectivity index (χ2n) is 6.92. The first kappa shape index (κ1) is 16.6. The minimum atomic E-state index is 0.103. The van der Waals surface area contributed by atoms with E-state index in [0.29, 0.717) is 6.42 Å². The third-order valence-electron chi connectivity index (χ3n) is 5.16. The molecule has 0 bridgehead atoms. The summed E-state index contributed by atoms with van der Waals surface area (Å²) in [6.45, 7) is 3.99. The highest BCUT2D eigenvalue weighted by Gasteiger charge is 2.33. The highest BCUT2D eigenvalue weighted by molar-refractivity contribution is 6.00. The van der Waals surface area contributed by atoms with Crippen LogP contribution in [0.25, 0.3) is 5.69 Å². The molecule has 3 aromatic rings. The van der Waals surface area contributed by atoms with E-state index in [-0.39, 0.29) is 11.7 Å². The Balaban J connectivity index is 1.80. The third-order valence-corrected chi connectivity index (χ3v) is 5.16. The number of ether oxygens (including phenoxy) is 1. The molecule has 1 aromatic heterocycles. The fourth-order valence-electron chi connectivity index (χ4n) is 3.88. The first-order valence-electron chi connectivity index (χ1n) is 8.90. The Kier molecular flexibility index (Phi) is 4.11. The van der Waals surface area contributed by atoms with Crippen molar-refractivity contribution in [3.05, 3.63) is 76.6 Å². The molecule has 1 unspecified atom stereocenters. The van der Waals surface area contributed by atoms with Gasteiger partial charge >= 0.3 is 0 Å². The second-order valence-corrected chi connectivity index (χ2v) is 6.92. The number of hydrogen-bond donors (Lipinski definition) is 0. The first-order valence-corrected chi connectivity index (χ1v) is 8.90. The van der Waals surface area contributed by atoms with Crippen molar-refractivity contribution in [1.82, 2.24) is 9.78 Å². The van der Waals surface area contributed by atoms with E-state index < -0.39 is 0 Å². The van der Waals surface area contributed by atoms with Crippen molar-refractivity contribution in [2.45, 2.75) is 32.6 Å². The molecular weight excluding hydrogens is 324 g/mol. The van der Waals surface area contributed by atoms with Crippen LogP contribution in [0.1, 0.15) is 45.2 Å². The number of aromatic nitrogens is 2. The minimum absolute atomic E-state index is 0.103. The molecule has 4 nitrogen and oxygen atoms in total. The van der Waals surface area contributed by atoms with E-state index in [0.717, 1.165) is 40.4 Å². The zero-order valence-electron chi connectivity index (χ0n) is 15.3. The van der Waals surface area contributed by atoms with Gasteiger partial charge in [-0.25, -0.2) is 4.68 Å². The molecule has 0 fully saturated rings. The zero-order chi connectivity index (χ0) is 18.3. The van der Waals surface area contributed by atoms with Gasteiger partial charge in [-0.1, -0.05) is 35.9 Å². The summed E-state index contributed by atoms with van der Waals surface area (Å²) < 4.78 is 7.46. The molecule has 1 aliphatic rings. The van der Waals surface area contributed by atoms with Crippen molar-refractivity contribution in [2.75, 3.05) is 7.11 Å². The Morgan fingerprint density at radius 3 is 2.50 bits per heavy atom. The van der Waals surface area contributed by atoms with Gasteiger partial charge in [-0.2, -0.15) is 5.10 Å². The van der Waals surface area contributed by atoms with Crippen LogP contribution < -0.4 is 4.74 Å². The molecular formula is C22H22N2O2. The zero-order valence-corrected chi connectivity index (χ0v) is 15.3. The van der Waals surface area contributed by atoms with Crippen LogP contribution in [0.4, 0.5) is 0 Å². The maximum atomic E-state index is 12.9. The van der Waals surface area contributed by atoms with Gasteiger partial charge in [0, 0.05) is 12.3 Å². The Hall–Kier alpha value is -2.88. The summed E-state index contributed by atoms with van der Waals surface area (Å²) in [5.74, 6) is 1.11. The van der Waals surface area contributed by atoms with Crippen molar-refractivity contribution in [1.29, 1.82) is 0 Å². The smallest absolute Gasteiger partial charge is 0.167 e. The highest BCUT2D eigenvalue weighted by Crippen LogP contribution is 2.38. The third kappa shape index (κ3) is 2.71. The number of hydrogen-bond acceptors (Lipinski definition) is 3. The van der Waals surface area contributed by atoms with Crippen molar-refractivity contribution >= 4 is 5.78 Å². The van der Waals surface area contributed by atoms with Crippen molar-refractivity contribution in [2.24, 2.45) is 0 Å². The maximum Gasteiger partial charge on any atom is 0.167 e. The maximum absolute atomic E-state index is 12.9. The number of benzene rings is 2. The normalized spacial score (nSPS) is 16.4. The van der Waals surface area contributed by atoms with E-state index in [2.05, 4.69) is 42.4 Å². The van der Waals surface area contributed by atoms with Crippen LogP contribution in [0, 0.1) is 13.8 Å². The van der Waals surface area contributed by atoms with E-state index in [1.807, 2.05) is 29.8 Å². The standard InChI is InChI=1S/C22H22N2O2/c1-14-8-10-17(11-9-14)24-19-12-16(13-20(25)22(19)15(2)23-24)18-6-4-5-7-21(18)26-3/h4-11,16H,12-13H2,1-3H3. The van der Waals surface area contributed by atoms with E-state index >= 15 is 0 Å². The van der Waals surface area contributed by atoms with Crippen molar-refractivity contribution in [3.63, 3.8) is 0 Å². The molecule has 4 heteroatoms. The Bertz CT molecular complexity index is 970. The summed E-state index contributed by atoms with van der Waals surface area (Å²) in [5, 5.41) is 4.68. The average molecular weight is 346 g/mol. The summed E-state index contributed by atoms with van der Waals surface area (Å²) in [5.41, 5.74) is 5.88. The number of carbonyl (C=O) groups is 1. The summed E-state index contributed by atoms with van der Waals surface area (Å²) in [6.07, 6.45) is 1.27. The van der Waals surface area contributed by atoms with Gasteiger partial charge in [-0.05, 0) is 44.0 Å². The molecule has 1 aliphatic carbocycles. The Labute approximate surface area is 153 Å². The van der Waals surface area contributed by atoms with Gasteiger partial charge in [0.2, 0.25) is 0 Å². The molecule has 0 saturated heterocycles. The number of ketones is 1. The Morgan fingerprint density at radius 2 is 1.77 bits per heavy atom. The molecule has 0 amide bonds. The van der Waals surface area contributed by atoms with Crippen molar-refractivity contribution in [3.8, 4) is 11.4 Å². The van der Waals surface area contributed by atoms with Gasteiger partial charge in [0.15, 0.2) is 5.78 Å². The van der Waals surface area contributed by atoms with Gasteiger partial charge in [0.25, 0.3) is 0 Å². The SMILES string of the molecule is COc1ccccc1C1CC(=O)c2c(C)nn(-c3ccc(C)cc3)c2C1. The molecule has 0 aliphatic heterocycles. The molecule has 132 valence electrons. The molecule has 0 N–H and O–H groups in total. The van der Waals surface area contributed by atoms with Crippen LogP contribution in [0.15, 0.2) is 48.5 Å². The summed E-state index contributed by atoms with van der Waals surface area (Å²) in [7, 11) is 1.68. The summed E-state index contributed by atoms with van der Waals surface area (Å²) >= 11 is 0. The fourth-order valence-corrected chi connectivity index (χ4v) is 3.88. The Morgan fingerprint density at radius 1 is 1.04 bits per heavy atom. The van der Waals surface area contributed by atoms with Gasteiger partial charge in [0.05, 0.1) is 29.7 Å². The number of rotatable bonds is 3. The molecule has 2 aromatic carbocycles. The quantitative estimate of drug-likeness (QED) is 0.705. The highest BCUT2D eigenvalue weighted by atomic mass is 16.5. The van der Waals surface area contributed by atoms with Crippen LogP contribution in [-0.2, 0) is 6.42 Å². The molecule has 0 saturated carbocycles. The van der Waals surface area contributed by atoms with Gasteiger partial charge in [0.1, 0.15) is 5.75 Å². The molecule has 0 spiro atoms. The fraction of sp³-hybridized carbons (Fsp3) is 0.273. The lowest BCUT2D eigenvalue weighted by atomic mass is 9.81. The predicted octanol–water partition coefficient (Wildman–Crippen LogP) is 4.41. The predicted molar refractivity (Wildman–Crippen MR) is 101 cm³/mol.